The minimum Gasteiger partial charge on any atom is -0.444 e. The molecule has 2 aromatic rings. The van der Waals surface area contributed by atoms with Gasteiger partial charge in [-0.15, -0.1) is 0 Å². The van der Waals surface area contributed by atoms with Crippen LogP contribution in [0.25, 0.3) is 0 Å². The van der Waals surface area contributed by atoms with Gasteiger partial charge in [0.2, 0.25) is 0 Å². The summed E-state index contributed by atoms with van der Waals surface area (Å²) in [6.07, 6.45) is -0.460. The number of aromatic nitrogens is 1. The van der Waals surface area contributed by atoms with Gasteiger partial charge in [0.25, 0.3) is 0 Å². The van der Waals surface area contributed by atoms with Gasteiger partial charge < -0.3 is 4.74 Å². The molecule has 1 aromatic heterocycles. The van der Waals surface area contributed by atoms with Crippen molar-refractivity contribution < 1.29 is 9.53 Å². The van der Waals surface area contributed by atoms with Crippen LogP contribution in [0, 0.1) is 0 Å². The number of carbonyl (C=O) groups excluding carboxylic acids is 1. The third kappa shape index (κ3) is 3.71. The van der Waals surface area contributed by atoms with Gasteiger partial charge in [-0.25, -0.2) is 9.78 Å². The zero-order valence-corrected chi connectivity index (χ0v) is 13.1. The summed E-state index contributed by atoms with van der Waals surface area (Å²) in [5.74, 6) is 0. The minimum absolute atomic E-state index is 0.225. The van der Waals surface area contributed by atoms with Crippen molar-refractivity contribution in [3.8, 4) is 0 Å². The summed E-state index contributed by atoms with van der Waals surface area (Å²) in [7, 11) is 1.61. The molecule has 20 heavy (non-hydrogen) atoms. The van der Waals surface area contributed by atoms with Crippen LogP contribution in [0.3, 0.4) is 0 Å². The lowest BCUT2D eigenvalue weighted by Gasteiger charge is -2.18. The Morgan fingerprint density at radius 3 is 2.65 bits per heavy atom. The summed E-state index contributed by atoms with van der Waals surface area (Å²) in [6, 6.07) is 12.8. The Labute approximate surface area is 130 Å². The zero-order chi connectivity index (χ0) is 14.5. The number of benzene rings is 1. The van der Waals surface area contributed by atoms with Crippen molar-refractivity contribution in [2.45, 2.75) is 6.61 Å². The highest BCUT2D eigenvalue weighted by Crippen LogP contribution is 2.25. The highest BCUT2D eigenvalue weighted by atomic mass is 79.9. The molecule has 0 radical (unpaired) electrons. The van der Waals surface area contributed by atoms with Crippen molar-refractivity contribution in [1.82, 2.24) is 4.98 Å². The maximum atomic E-state index is 12.0. The molecule has 4 nitrogen and oxygen atoms in total. The second kappa shape index (κ2) is 6.72. The first-order valence-electron chi connectivity index (χ1n) is 5.84. The van der Waals surface area contributed by atoms with Gasteiger partial charge in [-0.2, -0.15) is 0 Å². The molecule has 104 valence electrons. The molecule has 2 rings (SSSR count). The van der Waals surface area contributed by atoms with E-state index < -0.39 is 6.09 Å². The molecule has 1 aromatic carbocycles. The van der Waals surface area contributed by atoms with Crippen LogP contribution in [0.2, 0.25) is 5.15 Å². The summed E-state index contributed by atoms with van der Waals surface area (Å²) >= 11 is 9.03. The molecule has 0 fully saturated rings. The van der Waals surface area contributed by atoms with Crippen molar-refractivity contribution in [2.75, 3.05) is 11.9 Å². The number of pyridine rings is 1. The van der Waals surface area contributed by atoms with Gasteiger partial charge in [0.05, 0.1) is 5.69 Å². The molecule has 1 amide bonds. The molecular formula is C14H12BrClN2O2. The lowest BCUT2D eigenvalue weighted by molar-refractivity contribution is 0.148. The van der Waals surface area contributed by atoms with E-state index in [2.05, 4.69) is 20.9 Å². The van der Waals surface area contributed by atoms with Crippen LogP contribution < -0.4 is 4.90 Å². The molecule has 0 aliphatic heterocycles. The lowest BCUT2D eigenvalue weighted by Crippen LogP contribution is -2.27. The molecule has 0 bridgehead atoms. The van der Waals surface area contributed by atoms with E-state index in [0.29, 0.717) is 15.4 Å². The SMILES string of the molecule is CN(C(=O)OCc1ccccc1)c1ccc(Cl)nc1Br. The number of rotatable bonds is 3. The fourth-order valence-electron chi connectivity index (χ4n) is 1.57. The molecule has 0 aliphatic carbocycles. The van der Waals surface area contributed by atoms with E-state index in [-0.39, 0.29) is 6.61 Å². The van der Waals surface area contributed by atoms with E-state index in [1.54, 1.807) is 19.2 Å². The molecule has 0 saturated heterocycles. The Hall–Kier alpha value is -1.59. The highest BCUT2D eigenvalue weighted by molar-refractivity contribution is 9.10. The molecule has 0 N–H and O–H groups in total. The van der Waals surface area contributed by atoms with Gasteiger partial charge in [0.15, 0.2) is 0 Å². The monoisotopic (exact) mass is 354 g/mol. The largest absolute Gasteiger partial charge is 0.444 e. The Morgan fingerprint density at radius 2 is 2.00 bits per heavy atom. The molecule has 0 atom stereocenters. The van der Waals surface area contributed by atoms with Gasteiger partial charge >= 0.3 is 6.09 Å². The van der Waals surface area contributed by atoms with Crippen molar-refractivity contribution in [3.05, 3.63) is 57.8 Å². The zero-order valence-electron chi connectivity index (χ0n) is 10.7. The summed E-state index contributed by atoms with van der Waals surface area (Å²) in [5.41, 5.74) is 1.52. The van der Waals surface area contributed by atoms with Crippen molar-refractivity contribution in [2.24, 2.45) is 0 Å². The Morgan fingerprint density at radius 1 is 1.30 bits per heavy atom. The van der Waals surface area contributed by atoms with Gasteiger partial charge in [-0.05, 0) is 33.6 Å². The molecule has 0 saturated carbocycles. The predicted molar refractivity (Wildman–Crippen MR) is 82.0 cm³/mol. The number of hydrogen-bond acceptors (Lipinski definition) is 3. The van der Waals surface area contributed by atoms with E-state index in [4.69, 9.17) is 16.3 Å². The van der Waals surface area contributed by atoms with Crippen LogP contribution >= 0.6 is 27.5 Å². The molecule has 6 heteroatoms. The van der Waals surface area contributed by atoms with E-state index in [9.17, 15) is 4.79 Å². The quantitative estimate of drug-likeness (QED) is 0.772. The van der Waals surface area contributed by atoms with Crippen LogP contribution in [0.4, 0.5) is 10.5 Å². The summed E-state index contributed by atoms with van der Waals surface area (Å²) in [5, 5.41) is 0.353. The second-order valence-electron chi connectivity index (χ2n) is 4.04. The fraction of sp³-hybridized carbons (Fsp3) is 0.143. The normalized spacial score (nSPS) is 10.2. The predicted octanol–water partition coefficient (Wildman–Crippen LogP) is 4.27. The van der Waals surface area contributed by atoms with E-state index >= 15 is 0 Å². The lowest BCUT2D eigenvalue weighted by atomic mass is 10.2. The number of ether oxygens (including phenoxy) is 1. The first-order chi connectivity index (χ1) is 9.58. The third-order valence-electron chi connectivity index (χ3n) is 2.64. The smallest absolute Gasteiger partial charge is 0.414 e. The van der Waals surface area contributed by atoms with Gasteiger partial charge in [-0.3, -0.25) is 4.90 Å². The van der Waals surface area contributed by atoms with E-state index in [0.717, 1.165) is 5.56 Å². The van der Waals surface area contributed by atoms with E-state index in [1.165, 1.54) is 4.90 Å². The molecular weight excluding hydrogens is 344 g/mol. The van der Waals surface area contributed by atoms with Gasteiger partial charge in [0.1, 0.15) is 16.4 Å². The Bertz CT molecular complexity index is 607. The van der Waals surface area contributed by atoms with E-state index in [1.807, 2.05) is 30.3 Å². The minimum atomic E-state index is -0.460. The van der Waals surface area contributed by atoms with Crippen molar-refractivity contribution >= 4 is 39.3 Å². The number of carbonyl (C=O) groups is 1. The van der Waals surface area contributed by atoms with Crippen molar-refractivity contribution in [3.63, 3.8) is 0 Å². The second-order valence-corrected chi connectivity index (χ2v) is 5.18. The summed E-state index contributed by atoms with van der Waals surface area (Å²) < 4.78 is 5.72. The van der Waals surface area contributed by atoms with Gasteiger partial charge in [-0.1, -0.05) is 41.9 Å². The summed E-state index contributed by atoms with van der Waals surface area (Å²) in [4.78, 5) is 17.4. The first-order valence-corrected chi connectivity index (χ1v) is 7.01. The number of amides is 1. The number of nitrogens with zero attached hydrogens (tertiary/aromatic N) is 2. The average molecular weight is 356 g/mol. The summed E-state index contributed by atoms with van der Waals surface area (Å²) in [6.45, 7) is 0.225. The standard InChI is InChI=1S/C14H12BrClN2O2/c1-18(11-7-8-12(16)17-13(11)15)14(19)20-9-10-5-3-2-4-6-10/h2-8H,9H2,1H3. The first kappa shape index (κ1) is 14.8. The fourth-order valence-corrected chi connectivity index (χ4v) is 2.41. The molecule has 0 spiro atoms. The Kier molecular flexibility index (Phi) is 4.98. The number of hydrogen-bond donors (Lipinski definition) is 0. The molecule has 0 aliphatic rings. The van der Waals surface area contributed by atoms with Crippen molar-refractivity contribution in [1.29, 1.82) is 0 Å². The Balaban J connectivity index is 2.01. The highest BCUT2D eigenvalue weighted by Gasteiger charge is 2.16. The number of halogens is 2. The number of anilines is 1. The van der Waals surface area contributed by atoms with Gasteiger partial charge in [0, 0.05) is 7.05 Å². The van der Waals surface area contributed by atoms with Crippen LogP contribution in [-0.2, 0) is 11.3 Å². The maximum absolute atomic E-state index is 12.0. The molecule has 0 unspecified atom stereocenters. The molecule has 1 heterocycles. The average Bonchev–Trinajstić information content (AvgIpc) is 2.45. The van der Waals surface area contributed by atoms with Crippen LogP contribution in [0.15, 0.2) is 47.1 Å². The maximum Gasteiger partial charge on any atom is 0.414 e. The van der Waals surface area contributed by atoms with Crippen LogP contribution in [0.5, 0.6) is 0 Å². The van der Waals surface area contributed by atoms with Crippen LogP contribution in [0.1, 0.15) is 5.56 Å². The topological polar surface area (TPSA) is 42.4 Å². The van der Waals surface area contributed by atoms with Crippen LogP contribution in [-0.4, -0.2) is 18.1 Å². The third-order valence-corrected chi connectivity index (χ3v) is 3.43.